The first-order chi connectivity index (χ1) is 8.51. The molecule has 0 aliphatic heterocycles. The quantitative estimate of drug-likeness (QED) is 0.862. The Hall–Kier alpha value is -0.780. The van der Waals surface area contributed by atoms with Gasteiger partial charge in [-0.25, -0.2) is 13.2 Å². The maximum absolute atomic E-state index is 11.5. The second-order valence-corrected chi connectivity index (χ2v) is 8.92. The van der Waals surface area contributed by atoms with Crippen LogP contribution in [0.25, 0.3) is 0 Å². The van der Waals surface area contributed by atoms with Crippen LogP contribution < -0.4 is 5.73 Å². The van der Waals surface area contributed by atoms with E-state index in [4.69, 9.17) is 10.5 Å². The number of carbonyl (C=O) groups excluding carboxylic acids is 1. The molecule has 19 heavy (non-hydrogen) atoms. The molecule has 1 rings (SSSR count). The molecule has 1 aliphatic carbocycles. The lowest BCUT2D eigenvalue weighted by atomic mass is 9.74. The van der Waals surface area contributed by atoms with Crippen molar-refractivity contribution >= 4 is 15.9 Å². The topological polar surface area (TPSA) is 86.5 Å². The highest BCUT2D eigenvalue weighted by atomic mass is 32.2. The number of nitrogens with two attached hydrogens (primary N) is 1. The molecule has 0 aromatic carbocycles. The van der Waals surface area contributed by atoms with E-state index in [0.29, 0.717) is 12.8 Å². The molecular weight excluding hydrogens is 266 g/mol. The second-order valence-electron chi connectivity index (χ2n) is 6.59. The number of sulfone groups is 1. The highest BCUT2D eigenvalue weighted by molar-refractivity contribution is 7.91. The van der Waals surface area contributed by atoms with Gasteiger partial charge in [0.2, 0.25) is 0 Å². The maximum Gasteiger partial charge on any atom is 0.404 e. The third-order valence-corrected chi connectivity index (χ3v) is 5.53. The van der Waals surface area contributed by atoms with Gasteiger partial charge in [-0.05, 0) is 37.0 Å². The summed E-state index contributed by atoms with van der Waals surface area (Å²) in [6, 6.07) is 0. The van der Waals surface area contributed by atoms with Crippen LogP contribution in [0.1, 0.15) is 46.5 Å². The van der Waals surface area contributed by atoms with Gasteiger partial charge in [0.1, 0.15) is 15.9 Å². The standard InChI is InChI=1S/C13H25NO4S/c1-13(2,3)11(18-12(14)15)9-5-7-10(8-6-9)19(4,16)17/h9-11H,5-8H2,1-4H3,(H2,14,15). The zero-order valence-electron chi connectivity index (χ0n) is 12.2. The van der Waals surface area contributed by atoms with E-state index < -0.39 is 15.9 Å². The van der Waals surface area contributed by atoms with Gasteiger partial charge in [0.05, 0.1) is 5.25 Å². The number of hydrogen-bond donors (Lipinski definition) is 1. The Morgan fingerprint density at radius 2 is 1.68 bits per heavy atom. The molecular formula is C13H25NO4S. The Morgan fingerprint density at radius 1 is 1.21 bits per heavy atom. The predicted molar refractivity (Wildman–Crippen MR) is 74.5 cm³/mol. The first-order valence-corrected chi connectivity index (χ1v) is 8.62. The summed E-state index contributed by atoms with van der Waals surface area (Å²) in [5, 5.41) is -0.252. The molecule has 0 saturated heterocycles. The highest BCUT2D eigenvalue weighted by Crippen LogP contribution is 2.38. The molecule has 1 aliphatic rings. The average Bonchev–Trinajstić information content (AvgIpc) is 2.23. The van der Waals surface area contributed by atoms with Gasteiger partial charge in [-0.1, -0.05) is 20.8 Å². The van der Waals surface area contributed by atoms with Crippen LogP contribution in [-0.4, -0.2) is 32.1 Å². The van der Waals surface area contributed by atoms with Crippen LogP contribution in [0.2, 0.25) is 0 Å². The first-order valence-electron chi connectivity index (χ1n) is 6.66. The fourth-order valence-electron chi connectivity index (χ4n) is 2.92. The van der Waals surface area contributed by atoms with Crippen molar-refractivity contribution in [3.05, 3.63) is 0 Å². The maximum atomic E-state index is 11.5. The monoisotopic (exact) mass is 291 g/mol. The highest BCUT2D eigenvalue weighted by Gasteiger charge is 2.39. The fraction of sp³-hybridized carbons (Fsp3) is 0.923. The van der Waals surface area contributed by atoms with E-state index in [-0.39, 0.29) is 22.7 Å². The molecule has 0 radical (unpaired) electrons. The summed E-state index contributed by atoms with van der Waals surface area (Å²) >= 11 is 0. The zero-order chi connectivity index (χ0) is 14.8. The molecule has 0 heterocycles. The van der Waals surface area contributed by atoms with E-state index in [1.165, 1.54) is 6.26 Å². The molecule has 5 nitrogen and oxygen atoms in total. The molecule has 6 heteroatoms. The normalized spacial score (nSPS) is 26.7. The van der Waals surface area contributed by atoms with Crippen LogP contribution in [0.5, 0.6) is 0 Å². The second kappa shape index (κ2) is 5.69. The van der Waals surface area contributed by atoms with Crippen molar-refractivity contribution in [1.29, 1.82) is 0 Å². The van der Waals surface area contributed by atoms with Crippen molar-refractivity contribution in [2.24, 2.45) is 17.1 Å². The summed E-state index contributed by atoms with van der Waals surface area (Å²) in [4.78, 5) is 11.0. The lowest BCUT2D eigenvalue weighted by molar-refractivity contribution is -0.0145. The van der Waals surface area contributed by atoms with E-state index in [1.807, 2.05) is 20.8 Å². The van der Waals surface area contributed by atoms with E-state index in [9.17, 15) is 13.2 Å². The lowest BCUT2D eigenvalue weighted by Crippen LogP contribution is -2.42. The summed E-state index contributed by atoms with van der Waals surface area (Å²) in [6.07, 6.45) is 3.06. The average molecular weight is 291 g/mol. The van der Waals surface area contributed by atoms with Crippen molar-refractivity contribution in [3.8, 4) is 0 Å². The molecule has 1 atom stereocenters. The van der Waals surface area contributed by atoms with E-state index in [1.54, 1.807) is 0 Å². The molecule has 2 N–H and O–H groups in total. The number of ether oxygens (including phenoxy) is 1. The van der Waals surface area contributed by atoms with Gasteiger partial charge in [0, 0.05) is 6.26 Å². The Labute approximate surface area is 115 Å². The van der Waals surface area contributed by atoms with Crippen LogP contribution in [0.15, 0.2) is 0 Å². The molecule has 1 saturated carbocycles. The van der Waals surface area contributed by atoms with Crippen LogP contribution in [0, 0.1) is 11.3 Å². The first kappa shape index (κ1) is 16.3. The fourth-order valence-corrected chi connectivity index (χ4v) is 4.05. The molecule has 1 fully saturated rings. The molecule has 0 aromatic rings. The van der Waals surface area contributed by atoms with Crippen LogP contribution in [0.3, 0.4) is 0 Å². The Kier molecular flexibility index (Phi) is 4.87. The SMILES string of the molecule is CC(C)(C)C(OC(N)=O)C1CCC(S(C)(=O)=O)CC1. The van der Waals surface area contributed by atoms with Gasteiger partial charge < -0.3 is 10.5 Å². The van der Waals surface area contributed by atoms with Crippen molar-refractivity contribution in [1.82, 2.24) is 0 Å². The third kappa shape index (κ3) is 4.67. The summed E-state index contributed by atoms with van der Waals surface area (Å²) in [5.74, 6) is 0.186. The Morgan fingerprint density at radius 3 is 2.00 bits per heavy atom. The van der Waals surface area contributed by atoms with Gasteiger partial charge in [-0.15, -0.1) is 0 Å². The van der Waals surface area contributed by atoms with Gasteiger partial charge in [-0.2, -0.15) is 0 Å². The number of rotatable bonds is 3. The van der Waals surface area contributed by atoms with Crippen molar-refractivity contribution < 1.29 is 17.9 Å². The van der Waals surface area contributed by atoms with Crippen molar-refractivity contribution in [2.45, 2.75) is 57.8 Å². The van der Waals surface area contributed by atoms with Gasteiger partial charge >= 0.3 is 6.09 Å². The summed E-state index contributed by atoms with van der Waals surface area (Å²) in [6.45, 7) is 6.01. The summed E-state index contributed by atoms with van der Waals surface area (Å²) in [7, 11) is -2.97. The number of hydrogen-bond acceptors (Lipinski definition) is 4. The predicted octanol–water partition coefficient (Wildman–Crippen LogP) is 2.10. The van der Waals surface area contributed by atoms with Gasteiger partial charge in [0.15, 0.2) is 0 Å². The number of carbonyl (C=O) groups is 1. The summed E-state index contributed by atoms with van der Waals surface area (Å²) in [5.41, 5.74) is 4.94. The smallest absolute Gasteiger partial charge is 0.404 e. The van der Waals surface area contributed by atoms with Crippen LogP contribution in [-0.2, 0) is 14.6 Å². The number of primary amides is 1. The summed E-state index contributed by atoms with van der Waals surface area (Å²) < 4.78 is 28.3. The Balaban J connectivity index is 2.72. The molecule has 0 aromatic heterocycles. The minimum atomic E-state index is -2.97. The zero-order valence-corrected chi connectivity index (χ0v) is 13.0. The van der Waals surface area contributed by atoms with Gasteiger partial charge in [0.25, 0.3) is 0 Å². The van der Waals surface area contributed by atoms with Gasteiger partial charge in [-0.3, -0.25) is 0 Å². The Bertz CT molecular complexity index is 416. The van der Waals surface area contributed by atoms with Crippen molar-refractivity contribution in [2.75, 3.05) is 6.26 Å². The minimum absolute atomic E-state index is 0.186. The lowest BCUT2D eigenvalue weighted by Gasteiger charge is -2.39. The minimum Gasteiger partial charge on any atom is -0.446 e. The molecule has 1 unspecified atom stereocenters. The van der Waals surface area contributed by atoms with Crippen molar-refractivity contribution in [3.63, 3.8) is 0 Å². The molecule has 112 valence electrons. The van der Waals surface area contributed by atoms with E-state index >= 15 is 0 Å². The molecule has 1 amide bonds. The van der Waals surface area contributed by atoms with Crippen LogP contribution >= 0.6 is 0 Å². The van der Waals surface area contributed by atoms with Crippen LogP contribution in [0.4, 0.5) is 4.79 Å². The number of amides is 1. The molecule has 0 bridgehead atoms. The van der Waals surface area contributed by atoms with E-state index in [0.717, 1.165) is 12.8 Å². The molecule has 0 spiro atoms. The van der Waals surface area contributed by atoms with E-state index in [2.05, 4.69) is 0 Å². The third-order valence-electron chi connectivity index (χ3n) is 3.85. The largest absolute Gasteiger partial charge is 0.446 e.